The van der Waals surface area contributed by atoms with E-state index >= 15 is 0 Å². The Morgan fingerprint density at radius 1 is 1.29 bits per heavy atom. The van der Waals surface area contributed by atoms with Crippen molar-refractivity contribution in [3.63, 3.8) is 0 Å². The summed E-state index contributed by atoms with van der Waals surface area (Å²) in [7, 11) is 0. The molecule has 8 heteroatoms. The van der Waals surface area contributed by atoms with Gasteiger partial charge in [0.2, 0.25) is 0 Å². The highest BCUT2D eigenvalue weighted by molar-refractivity contribution is 7.13. The lowest BCUT2D eigenvalue weighted by Crippen LogP contribution is -2.22. The third-order valence-electron chi connectivity index (χ3n) is 3.35. The van der Waals surface area contributed by atoms with E-state index in [9.17, 15) is 14.9 Å². The summed E-state index contributed by atoms with van der Waals surface area (Å²) in [4.78, 5) is 22.1. The number of rotatable bonds is 6. The first-order valence-corrected chi connectivity index (χ1v) is 8.06. The van der Waals surface area contributed by atoms with Crippen LogP contribution in [-0.4, -0.2) is 20.6 Å². The first kappa shape index (κ1) is 15.9. The number of nitrogens with zero attached hydrogens (tertiary/aromatic N) is 3. The molecule has 0 saturated carbocycles. The van der Waals surface area contributed by atoms with E-state index in [2.05, 4.69) is 10.4 Å². The maximum atomic E-state index is 12.0. The summed E-state index contributed by atoms with van der Waals surface area (Å²) in [5, 5.41) is 19.1. The second-order valence-electron chi connectivity index (χ2n) is 5.15. The van der Waals surface area contributed by atoms with Crippen LogP contribution in [0, 0.1) is 10.1 Å². The van der Waals surface area contributed by atoms with E-state index in [4.69, 9.17) is 0 Å². The predicted octanol–water partition coefficient (Wildman–Crippen LogP) is 2.83. The molecule has 0 aliphatic rings. The average molecular weight is 342 g/mol. The lowest BCUT2D eigenvalue weighted by molar-refractivity contribution is -0.380. The molecule has 3 aromatic rings. The number of nitrogens with one attached hydrogen (secondary N) is 1. The number of hydrogen-bond donors (Lipinski definition) is 1. The number of aromatic nitrogens is 2. The molecule has 2 heterocycles. The number of nitro groups is 1. The Kier molecular flexibility index (Phi) is 4.66. The van der Waals surface area contributed by atoms with E-state index in [1.165, 1.54) is 11.4 Å². The van der Waals surface area contributed by atoms with Gasteiger partial charge in [0.15, 0.2) is 0 Å². The Morgan fingerprint density at radius 3 is 2.79 bits per heavy atom. The molecule has 24 heavy (non-hydrogen) atoms. The van der Waals surface area contributed by atoms with Gasteiger partial charge in [-0.25, -0.2) is 0 Å². The van der Waals surface area contributed by atoms with Crippen LogP contribution in [0.15, 0.2) is 54.2 Å². The van der Waals surface area contributed by atoms with Crippen LogP contribution in [0.3, 0.4) is 0 Å². The zero-order valence-electron chi connectivity index (χ0n) is 12.6. The van der Waals surface area contributed by atoms with Crippen molar-refractivity contribution in [2.75, 3.05) is 0 Å². The Hall–Kier alpha value is -3.00. The number of amides is 1. The van der Waals surface area contributed by atoms with Crippen molar-refractivity contribution >= 4 is 22.2 Å². The maximum absolute atomic E-state index is 12.0. The van der Waals surface area contributed by atoms with E-state index in [1.807, 2.05) is 36.5 Å². The van der Waals surface area contributed by atoms with Crippen LogP contribution in [0.5, 0.6) is 0 Å². The number of carbonyl (C=O) groups excluding carboxylic acids is 1. The molecular formula is C16H14N4O3S. The highest BCUT2D eigenvalue weighted by Crippen LogP contribution is 2.22. The van der Waals surface area contributed by atoms with Gasteiger partial charge in [-0.3, -0.25) is 19.6 Å². The molecule has 7 nitrogen and oxygen atoms in total. The van der Waals surface area contributed by atoms with E-state index in [-0.39, 0.29) is 10.9 Å². The Bertz CT molecular complexity index is 857. The van der Waals surface area contributed by atoms with E-state index in [0.29, 0.717) is 18.7 Å². The molecule has 122 valence electrons. The van der Waals surface area contributed by atoms with Gasteiger partial charge in [0.05, 0.1) is 23.2 Å². The van der Waals surface area contributed by atoms with Gasteiger partial charge in [-0.05, 0) is 5.56 Å². The molecule has 1 aromatic carbocycles. The minimum absolute atomic E-state index is 0.0455. The van der Waals surface area contributed by atoms with Crippen LogP contribution in [0.4, 0.5) is 5.00 Å². The van der Waals surface area contributed by atoms with Crippen LogP contribution in [0.2, 0.25) is 0 Å². The average Bonchev–Trinajstić information content (AvgIpc) is 3.23. The van der Waals surface area contributed by atoms with E-state index in [0.717, 1.165) is 22.5 Å². The largest absolute Gasteiger partial charge is 0.348 e. The van der Waals surface area contributed by atoms with Crippen molar-refractivity contribution in [3.8, 4) is 0 Å². The quantitative estimate of drug-likeness (QED) is 0.551. The number of benzene rings is 1. The fourth-order valence-electron chi connectivity index (χ4n) is 2.18. The summed E-state index contributed by atoms with van der Waals surface area (Å²) in [6.07, 6.45) is 3.56. The molecule has 0 aliphatic heterocycles. The van der Waals surface area contributed by atoms with Crippen molar-refractivity contribution in [1.82, 2.24) is 15.1 Å². The summed E-state index contributed by atoms with van der Waals surface area (Å²) in [5.41, 5.74) is 2.30. The van der Waals surface area contributed by atoms with E-state index in [1.54, 1.807) is 10.9 Å². The number of carbonyl (C=O) groups is 1. The van der Waals surface area contributed by atoms with Gasteiger partial charge in [-0.1, -0.05) is 41.7 Å². The molecule has 2 aromatic heterocycles. The zero-order valence-corrected chi connectivity index (χ0v) is 13.4. The van der Waals surface area contributed by atoms with Crippen LogP contribution in [0.25, 0.3) is 0 Å². The van der Waals surface area contributed by atoms with E-state index < -0.39 is 4.92 Å². The molecule has 0 spiro atoms. The third kappa shape index (κ3) is 3.85. The third-order valence-corrected chi connectivity index (χ3v) is 4.24. The molecule has 0 bridgehead atoms. The number of hydrogen-bond acceptors (Lipinski definition) is 5. The normalized spacial score (nSPS) is 10.5. The second kappa shape index (κ2) is 7.05. The fourth-order valence-corrected chi connectivity index (χ4v) is 2.88. The van der Waals surface area contributed by atoms with Gasteiger partial charge in [-0.15, -0.1) is 0 Å². The molecule has 0 aliphatic carbocycles. The first-order valence-electron chi connectivity index (χ1n) is 7.18. The SMILES string of the molecule is O=C(NCc1cnn(Cc2ccccc2)c1)c1csc([N+](=O)[O-])c1. The highest BCUT2D eigenvalue weighted by Gasteiger charge is 2.14. The first-order chi connectivity index (χ1) is 11.6. The lowest BCUT2D eigenvalue weighted by Gasteiger charge is -2.02. The molecule has 3 rings (SSSR count). The highest BCUT2D eigenvalue weighted by atomic mass is 32.1. The van der Waals surface area contributed by atoms with Crippen LogP contribution in [-0.2, 0) is 13.1 Å². The monoisotopic (exact) mass is 342 g/mol. The molecule has 0 unspecified atom stereocenters. The number of thiophene rings is 1. The van der Waals surface area contributed by atoms with Gasteiger partial charge in [0, 0.05) is 29.8 Å². The summed E-state index contributed by atoms with van der Waals surface area (Å²) in [5.74, 6) is -0.338. The Morgan fingerprint density at radius 2 is 2.08 bits per heavy atom. The zero-order chi connectivity index (χ0) is 16.9. The van der Waals surface area contributed by atoms with Gasteiger partial charge in [0.25, 0.3) is 5.91 Å². The predicted molar refractivity (Wildman–Crippen MR) is 89.9 cm³/mol. The van der Waals surface area contributed by atoms with Crippen molar-refractivity contribution in [2.24, 2.45) is 0 Å². The molecule has 1 amide bonds. The lowest BCUT2D eigenvalue weighted by atomic mass is 10.2. The van der Waals surface area contributed by atoms with Crippen molar-refractivity contribution in [2.45, 2.75) is 13.1 Å². The topological polar surface area (TPSA) is 90.1 Å². The standard InChI is InChI=1S/C16H14N4O3S/c21-16(14-6-15(20(22)23)24-11-14)17-7-13-8-18-19(10-13)9-12-4-2-1-3-5-12/h1-6,8,10-11H,7,9H2,(H,17,21). The van der Waals surface area contributed by atoms with Gasteiger partial charge in [0.1, 0.15) is 0 Å². The molecule has 1 N–H and O–H groups in total. The Balaban J connectivity index is 1.56. The van der Waals surface area contributed by atoms with Crippen molar-refractivity contribution < 1.29 is 9.72 Å². The minimum atomic E-state index is -0.505. The molecule has 0 fully saturated rings. The minimum Gasteiger partial charge on any atom is -0.348 e. The van der Waals surface area contributed by atoms with Gasteiger partial charge in [-0.2, -0.15) is 5.10 Å². The van der Waals surface area contributed by atoms with Gasteiger partial charge >= 0.3 is 5.00 Å². The van der Waals surface area contributed by atoms with Crippen molar-refractivity contribution in [3.05, 3.63) is 81.0 Å². The summed E-state index contributed by atoms with van der Waals surface area (Å²) in [6, 6.07) is 11.2. The second-order valence-corrected chi connectivity index (χ2v) is 6.03. The van der Waals surface area contributed by atoms with Gasteiger partial charge < -0.3 is 5.32 Å². The van der Waals surface area contributed by atoms with Crippen LogP contribution >= 0.6 is 11.3 Å². The maximum Gasteiger partial charge on any atom is 0.324 e. The molecular weight excluding hydrogens is 328 g/mol. The summed E-state index contributed by atoms with van der Waals surface area (Å²) >= 11 is 0.937. The van der Waals surface area contributed by atoms with Crippen LogP contribution in [0.1, 0.15) is 21.5 Å². The molecule has 0 saturated heterocycles. The Labute approximate surface area is 141 Å². The fraction of sp³-hybridized carbons (Fsp3) is 0.125. The summed E-state index contributed by atoms with van der Waals surface area (Å²) < 4.78 is 1.80. The molecule has 0 radical (unpaired) electrons. The smallest absolute Gasteiger partial charge is 0.324 e. The van der Waals surface area contributed by atoms with Crippen LogP contribution < -0.4 is 5.32 Å². The summed E-state index contributed by atoms with van der Waals surface area (Å²) in [6.45, 7) is 0.975. The van der Waals surface area contributed by atoms with Crippen molar-refractivity contribution in [1.29, 1.82) is 0 Å². The molecule has 0 atom stereocenters.